The van der Waals surface area contributed by atoms with Crippen LogP contribution < -0.4 is 5.32 Å². The van der Waals surface area contributed by atoms with E-state index in [1.165, 1.54) is 0 Å². The van der Waals surface area contributed by atoms with Crippen molar-refractivity contribution in [3.63, 3.8) is 0 Å². The lowest BCUT2D eigenvalue weighted by Gasteiger charge is -2.23. The maximum atomic E-state index is 12.0. The van der Waals surface area contributed by atoms with Crippen LogP contribution in [0.2, 0.25) is 0 Å². The average molecular weight is 271 g/mol. The van der Waals surface area contributed by atoms with Gasteiger partial charge in [0.05, 0.1) is 0 Å². The third-order valence-electron chi connectivity index (χ3n) is 3.48. The summed E-state index contributed by atoms with van der Waals surface area (Å²) < 4.78 is 0. The molecule has 110 valence electrons. The summed E-state index contributed by atoms with van der Waals surface area (Å²) >= 11 is 0. The van der Waals surface area contributed by atoms with Gasteiger partial charge in [-0.1, -0.05) is 13.8 Å². The molecule has 0 spiro atoms. The number of carbonyl (C=O) groups is 2. The van der Waals surface area contributed by atoms with Gasteiger partial charge >= 0.3 is 12.0 Å². The molecule has 6 nitrogen and oxygen atoms in total. The van der Waals surface area contributed by atoms with Crippen molar-refractivity contribution >= 4 is 12.0 Å². The molecular formula is C13H25N3O3. The molecule has 0 aromatic heterocycles. The highest BCUT2D eigenvalue weighted by molar-refractivity contribution is 5.82. The summed E-state index contributed by atoms with van der Waals surface area (Å²) in [5.41, 5.74) is 0. The van der Waals surface area contributed by atoms with Crippen LogP contribution in [0.15, 0.2) is 0 Å². The second-order valence-electron chi connectivity index (χ2n) is 5.82. The predicted molar refractivity (Wildman–Crippen MR) is 73.1 cm³/mol. The van der Waals surface area contributed by atoms with E-state index in [2.05, 4.69) is 10.2 Å². The minimum atomic E-state index is -0.967. The summed E-state index contributed by atoms with van der Waals surface area (Å²) in [6, 6.07) is -0.706. The third-order valence-corrected chi connectivity index (χ3v) is 3.48. The van der Waals surface area contributed by atoms with Crippen LogP contribution in [0.25, 0.3) is 0 Å². The molecule has 0 bridgehead atoms. The Morgan fingerprint density at radius 1 is 1.42 bits per heavy atom. The smallest absolute Gasteiger partial charge is 0.326 e. The van der Waals surface area contributed by atoms with Crippen molar-refractivity contribution in [1.82, 2.24) is 15.1 Å². The van der Waals surface area contributed by atoms with Gasteiger partial charge in [0.25, 0.3) is 0 Å². The molecule has 6 heteroatoms. The van der Waals surface area contributed by atoms with Crippen molar-refractivity contribution < 1.29 is 14.7 Å². The molecule has 2 atom stereocenters. The summed E-state index contributed by atoms with van der Waals surface area (Å²) in [5.74, 6) is -0.736. The van der Waals surface area contributed by atoms with Crippen LogP contribution in [0.1, 0.15) is 26.7 Å². The van der Waals surface area contributed by atoms with E-state index in [-0.39, 0.29) is 11.9 Å². The Balaban J connectivity index is 2.51. The number of carboxylic acid groups (broad SMARTS) is 1. The molecule has 1 saturated heterocycles. The van der Waals surface area contributed by atoms with Crippen molar-refractivity contribution in [3.8, 4) is 0 Å². The summed E-state index contributed by atoms with van der Waals surface area (Å²) in [4.78, 5) is 26.9. The molecule has 0 saturated carbocycles. The van der Waals surface area contributed by atoms with E-state index in [0.717, 1.165) is 6.42 Å². The van der Waals surface area contributed by atoms with Crippen LogP contribution in [0.5, 0.6) is 0 Å². The number of likely N-dealkylation sites (tertiary alicyclic amines) is 1. The monoisotopic (exact) mass is 271 g/mol. The Bertz CT molecular complexity index is 331. The Morgan fingerprint density at radius 2 is 2.05 bits per heavy atom. The minimum Gasteiger partial charge on any atom is -0.480 e. The zero-order valence-electron chi connectivity index (χ0n) is 12.2. The number of aliphatic carboxylic acids is 1. The van der Waals surface area contributed by atoms with E-state index < -0.39 is 12.0 Å². The average Bonchev–Trinajstić information content (AvgIpc) is 2.76. The molecule has 0 radical (unpaired) electrons. The molecule has 1 aliphatic rings. The normalized spacial score (nSPS) is 20.9. The Kier molecular flexibility index (Phi) is 5.60. The molecular weight excluding hydrogens is 246 g/mol. The quantitative estimate of drug-likeness (QED) is 0.777. The number of urea groups is 1. The van der Waals surface area contributed by atoms with Crippen LogP contribution in [0, 0.1) is 5.92 Å². The lowest BCUT2D eigenvalue weighted by atomic mass is 10.0. The van der Waals surface area contributed by atoms with Crippen LogP contribution in [0.4, 0.5) is 4.79 Å². The summed E-state index contributed by atoms with van der Waals surface area (Å²) in [5, 5.41) is 11.7. The van der Waals surface area contributed by atoms with Gasteiger partial charge in [-0.2, -0.15) is 0 Å². The number of hydrogen-bond acceptors (Lipinski definition) is 3. The highest BCUT2D eigenvalue weighted by Crippen LogP contribution is 2.14. The fourth-order valence-electron chi connectivity index (χ4n) is 2.28. The van der Waals surface area contributed by atoms with Gasteiger partial charge in [-0.25, -0.2) is 9.59 Å². The van der Waals surface area contributed by atoms with E-state index in [4.69, 9.17) is 5.11 Å². The Hall–Kier alpha value is -1.30. The van der Waals surface area contributed by atoms with E-state index in [1.54, 1.807) is 4.90 Å². The molecule has 0 aromatic rings. The molecule has 1 aliphatic heterocycles. The van der Waals surface area contributed by atoms with Gasteiger partial charge < -0.3 is 20.2 Å². The number of carboxylic acids is 1. The lowest BCUT2D eigenvalue weighted by Crippen LogP contribution is -2.48. The summed E-state index contributed by atoms with van der Waals surface area (Å²) in [7, 11) is 3.98. The van der Waals surface area contributed by atoms with E-state index >= 15 is 0 Å². The van der Waals surface area contributed by atoms with Gasteiger partial charge in [0.2, 0.25) is 0 Å². The number of nitrogens with zero attached hydrogens (tertiary/aromatic N) is 2. The number of nitrogens with one attached hydrogen (secondary N) is 1. The highest BCUT2D eigenvalue weighted by atomic mass is 16.4. The van der Waals surface area contributed by atoms with Gasteiger partial charge in [-0.05, 0) is 32.9 Å². The van der Waals surface area contributed by atoms with Gasteiger partial charge in [-0.15, -0.1) is 0 Å². The van der Waals surface area contributed by atoms with Crippen molar-refractivity contribution in [2.45, 2.75) is 38.8 Å². The molecule has 0 aromatic carbocycles. The van der Waals surface area contributed by atoms with Gasteiger partial charge in [-0.3, -0.25) is 0 Å². The number of carbonyl (C=O) groups excluding carboxylic acids is 1. The Labute approximate surface area is 114 Å². The topological polar surface area (TPSA) is 72.9 Å². The Morgan fingerprint density at radius 3 is 2.47 bits per heavy atom. The zero-order chi connectivity index (χ0) is 14.6. The minimum absolute atomic E-state index is 0.231. The number of hydrogen-bond donors (Lipinski definition) is 2. The summed E-state index contributed by atoms with van der Waals surface area (Å²) in [6.07, 6.45) is 1.38. The molecule has 1 fully saturated rings. The van der Waals surface area contributed by atoms with Crippen molar-refractivity contribution in [1.29, 1.82) is 0 Å². The number of likely N-dealkylation sites (N-methyl/N-ethyl adjacent to an activating group) is 1. The molecule has 1 rings (SSSR count). The first-order chi connectivity index (χ1) is 8.81. The van der Waals surface area contributed by atoms with Crippen LogP contribution in [-0.4, -0.2) is 66.2 Å². The molecule has 1 unspecified atom stereocenters. The van der Waals surface area contributed by atoms with Crippen molar-refractivity contribution in [3.05, 3.63) is 0 Å². The van der Waals surface area contributed by atoms with Crippen LogP contribution in [0.3, 0.4) is 0 Å². The van der Waals surface area contributed by atoms with Gasteiger partial charge in [0, 0.05) is 19.1 Å². The standard InChI is InChI=1S/C13H25N3O3/c1-9(2)7-11(12(17)18)14-13(19)16-6-5-10(8-16)15(3)4/h9-11H,5-8H2,1-4H3,(H,14,19)(H,17,18)/t10?,11-/m1/s1. The molecule has 2 N–H and O–H groups in total. The first kappa shape index (κ1) is 15.8. The van der Waals surface area contributed by atoms with Gasteiger partial charge in [0.15, 0.2) is 0 Å². The number of rotatable bonds is 5. The molecule has 0 aliphatic carbocycles. The fourth-order valence-corrected chi connectivity index (χ4v) is 2.28. The van der Waals surface area contributed by atoms with E-state index in [1.807, 2.05) is 27.9 Å². The third kappa shape index (κ3) is 4.70. The van der Waals surface area contributed by atoms with E-state index in [0.29, 0.717) is 25.6 Å². The highest BCUT2D eigenvalue weighted by Gasteiger charge is 2.30. The SMILES string of the molecule is CC(C)C[C@@H](NC(=O)N1CCC(N(C)C)C1)C(=O)O. The number of amides is 2. The summed E-state index contributed by atoms with van der Waals surface area (Å²) in [6.45, 7) is 5.23. The van der Waals surface area contributed by atoms with Gasteiger partial charge in [0.1, 0.15) is 6.04 Å². The fraction of sp³-hybridized carbons (Fsp3) is 0.846. The first-order valence-electron chi connectivity index (χ1n) is 6.76. The maximum absolute atomic E-state index is 12.0. The van der Waals surface area contributed by atoms with Crippen molar-refractivity contribution in [2.24, 2.45) is 5.92 Å². The molecule has 1 heterocycles. The van der Waals surface area contributed by atoms with E-state index in [9.17, 15) is 9.59 Å². The largest absolute Gasteiger partial charge is 0.480 e. The van der Waals surface area contributed by atoms with Crippen LogP contribution in [-0.2, 0) is 4.79 Å². The molecule has 19 heavy (non-hydrogen) atoms. The molecule has 2 amide bonds. The zero-order valence-corrected chi connectivity index (χ0v) is 12.2. The predicted octanol–water partition coefficient (Wildman–Crippen LogP) is 0.831. The second kappa shape index (κ2) is 6.75. The van der Waals surface area contributed by atoms with Crippen molar-refractivity contribution in [2.75, 3.05) is 27.2 Å². The lowest BCUT2D eigenvalue weighted by molar-refractivity contribution is -0.139. The maximum Gasteiger partial charge on any atom is 0.326 e. The second-order valence-corrected chi connectivity index (χ2v) is 5.82. The first-order valence-corrected chi connectivity index (χ1v) is 6.76. The van der Waals surface area contributed by atoms with Crippen LogP contribution >= 0.6 is 0 Å².